The van der Waals surface area contributed by atoms with Crippen molar-refractivity contribution in [3.63, 3.8) is 0 Å². The smallest absolute Gasteiger partial charge is 0.159 e. The quantitative estimate of drug-likeness (QED) is 0.598. The van der Waals surface area contributed by atoms with E-state index in [1.807, 2.05) is 22.6 Å². The second-order valence-electron chi connectivity index (χ2n) is 3.57. The van der Waals surface area contributed by atoms with Crippen LogP contribution in [-0.2, 0) is 0 Å². The molecule has 86 valence electrons. The van der Waals surface area contributed by atoms with Crippen LogP contribution in [0.15, 0.2) is 22.5 Å². The van der Waals surface area contributed by atoms with Gasteiger partial charge in [-0.25, -0.2) is 8.78 Å². The average molecular weight is 337 g/mol. The van der Waals surface area contributed by atoms with Gasteiger partial charge in [-0.15, -0.1) is 5.11 Å². The zero-order chi connectivity index (χ0) is 11.5. The molecule has 6 heteroatoms. The maximum absolute atomic E-state index is 13.4. The van der Waals surface area contributed by atoms with Crippen LogP contribution >= 0.6 is 22.6 Å². The first-order chi connectivity index (χ1) is 7.66. The van der Waals surface area contributed by atoms with Gasteiger partial charge in [0.25, 0.3) is 0 Å². The Morgan fingerprint density at radius 2 is 1.69 bits per heavy atom. The van der Waals surface area contributed by atoms with Gasteiger partial charge in [0.2, 0.25) is 0 Å². The molecule has 0 bridgehead atoms. The summed E-state index contributed by atoms with van der Waals surface area (Å²) in [6.07, 6.45) is 2.10. The van der Waals surface area contributed by atoms with Gasteiger partial charge in [-0.05, 0) is 47.6 Å². The SMILES string of the molecule is Fc1cc(I)cc(F)c1N=NN1CCCC1. The summed E-state index contributed by atoms with van der Waals surface area (Å²) in [7, 11) is 0. The number of benzene rings is 1. The molecule has 1 saturated heterocycles. The number of hydrogen-bond acceptors (Lipinski definition) is 2. The molecular weight excluding hydrogens is 327 g/mol. The highest BCUT2D eigenvalue weighted by Gasteiger charge is 2.12. The first-order valence-corrected chi connectivity index (χ1v) is 6.06. The summed E-state index contributed by atoms with van der Waals surface area (Å²) in [5.74, 6) is -1.35. The summed E-state index contributed by atoms with van der Waals surface area (Å²) in [5.41, 5.74) is -0.313. The monoisotopic (exact) mass is 337 g/mol. The molecule has 0 atom stereocenters. The number of rotatable bonds is 2. The van der Waals surface area contributed by atoms with Crippen LogP contribution in [0.5, 0.6) is 0 Å². The Morgan fingerprint density at radius 3 is 2.25 bits per heavy atom. The number of halogens is 3. The summed E-state index contributed by atoms with van der Waals surface area (Å²) in [5, 5.41) is 9.17. The van der Waals surface area contributed by atoms with Crippen molar-refractivity contribution in [2.45, 2.75) is 12.8 Å². The van der Waals surface area contributed by atoms with Crippen molar-refractivity contribution < 1.29 is 8.78 Å². The molecule has 1 aliphatic rings. The Hall–Kier alpha value is -0.790. The molecule has 1 heterocycles. The van der Waals surface area contributed by atoms with E-state index in [-0.39, 0.29) is 5.69 Å². The summed E-state index contributed by atoms with van der Waals surface area (Å²) >= 11 is 1.85. The minimum atomic E-state index is -0.674. The van der Waals surface area contributed by atoms with Crippen molar-refractivity contribution in [1.29, 1.82) is 0 Å². The van der Waals surface area contributed by atoms with E-state index in [0.29, 0.717) is 3.57 Å². The fraction of sp³-hybridized carbons (Fsp3) is 0.400. The van der Waals surface area contributed by atoms with Crippen LogP contribution in [-0.4, -0.2) is 18.1 Å². The Morgan fingerprint density at radius 1 is 1.12 bits per heavy atom. The van der Waals surface area contributed by atoms with Crippen molar-refractivity contribution in [2.24, 2.45) is 10.3 Å². The molecule has 0 unspecified atom stereocenters. The van der Waals surface area contributed by atoms with Crippen molar-refractivity contribution in [3.05, 3.63) is 27.3 Å². The maximum atomic E-state index is 13.4. The lowest BCUT2D eigenvalue weighted by molar-refractivity contribution is 0.335. The van der Waals surface area contributed by atoms with Gasteiger partial charge in [-0.3, -0.25) is 5.01 Å². The zero-order valence-corrected chi connectivity index (χ0v) is 10.6. The van der Waals surface area contributed by atoms with E-state index in [1.54, 1.807) is 5.01 Å². The van der Waals surface area contributed by atoms with Gasteiger partial charge in [0.15, 0.2) is 17.3 Å². The van der Waals surface area contributed by atoms with E-state index in [0.717, 1.165) is 25.9 Å². The number of nitrogens with zero attached hydrogens (tertiary/aromatic N) is 3. The highest BCUT2D eigenvalue weighted by molar-refractivity contribution is 14.1. The van der Waals surface area contributed by atoms with Crippen LogP contribution < -0.4 is 0 Å². The molecule has 0 aliphatic carbocycles. The van der Waals surface area contributed by atoms with E-state index < -0.39 is 11.6 Å². The molecule has 0 N–H and O–H groups in total. The molecule has 3 nitrogen and oxygen atoms in total. The highest BCUT2D eigenvalue weighted by Crippen LogP contribution is 2.25. The third-order valence-electron chi connectivity index (χ3n) is 2.34. The molecule has 0 spiro atoms. The van der Waals surface area contributed by atoms with Crippen LogP contribution in [0.4, 0.5) is 14.5 Å². The average Bonchev–Trinajstić information content (AvgIpc) is 2.68. The van der Waals surface area contributed by atoms with Gasteiger partial charge in [0, 0.05) is 16.7 Å². The molecule has 0 saturated carbocycles. The second kappa shape index (κ2) is 5.03. The highest BCUT2D eigenvalue weighted by atomic mass is 127. The van der Waals surface area contributed by atoms with E-state index in [1.165, 1.54) is 12.1 Å². The van der Waals surface area contributed by atoms with Gasteiger partial charge < -0.3 is 0 Å². The first-order valence-electron chi connectivity index (χ1n) is 4.98. The third kappa shape index (κ3) is 2.66. The fourth-order valence-electron chi connectivity index (χ4n) is 1.53. The standard InChI is InChI=1S/C10H10F2IN3/c11-8-5-7(13)6-9(12)10(8)14-15-16-3-1-2-4-16/h5-6H,1-4H2. The van der Waals surface area contributed by atoms with Gasteiger partial charge in [0.05, 0.1) is 0 Å². The summed E-state index contributed by atoms with van der Waals surface area (Å²) in [6, 6.07) is 2.48. The molecule has 0 amide bonds. The predicted octanol–water partition coefficient (Wildman–Crippen LogP) is 3.66. The minimum absolute atomic E-state index is 0.313. The largest absolute Gasteiger partial charge is 0.278 e. The molecule has 1 aromatic carbocycles. The Labute approximate surface area is 106 Å². The Balaban J connectivity index is 2.20. The molecule has 1 fully saturated rings. The Kier molecular flexibility index (Phi) is 3.67. The van der Waals surface area contributed by atoms with Gasteiger partial charge >= 0.3 is 0 Å². The molecule has 0 aromatic heterocycles. The van der Waals surface area contributed by atoms with E-state index in [4.69, 9.17) is 0 Å². The minimum Gasteiger partial charge on any atom is -0.278 e. The zero-order valence-electron chi connectivity index (χ0n) is 8.46. The van der Waals surface area contributed by atoms with E-state index >= 15 is 0 Å². The van der Waals surface area contributed by atoms with Crippen molar-refractivity contribution in [1.82, 2.24) is 5.01 Å². The molecule has 1 aromatic rings. The first kappa shape index (κ1) is 11.7. The predicted molar refractivity (Wildman–Crippen MR) is 64.4 cm³/mol. The molecule has 1 aliphatic heterocycles. The van der Waals surface area contributed by atoms with Crippen LogP contribution in [0, 0.1) is 15.2 Å². The lowest BCUT2D eigenvalue weighted by Gasteiger charge is -2.07. The van der Waals surface area contributed by atoms with Gasteiger partial charge in [-0.1, -0.05) is 5.22 Å². The Bertz CT molecular complexity index is 394. The molecule has 2 rings (SSSR count). The molecule has 0 radical (unpaired) electrons. The van der Waals surface area contributed by atoms with Crippen LogP contribution in [0.2, 0.25) is 0 Å². The normalized spacial score (nSPS) is 16.3. The van der Waals surface area contributed by atoms with Gasteiger partial charge in [-0.2, -0.15) is 0 Å². The van der Waals surface area contributed by atoms with Crippen molar-refractivity contribution >= 4 is 28.3 Å². The molecular formula is C10H10F2IN3. The second-order valence-corrected chi connectivity index (χ2v) is 4.81. The van der Waals surface area contributed by atoms with E-state index in [9.17, 15) is 8.78 Å². The van der Waals surface area contributed by atoms with Crippen molar-refractivity contribution in [3.8, 4) is 0 Å². The van der Waals surface area contributed by atoms with Gasteiger partial charge in [0.1, 0.15) is 0 Å². The summed E-state index contributed by atoms with van der Waals surface area (Å²) in [4.78, 5) is 0. The molecule has 16 heavy (non-hydrogen) atoms. The maximum Gasteiger partial charge on any atom is 0.159 e. The van der Waals surface area contributed by atoms with Crippen molar-refractivity contribution in [2.75, 3.05) is 13.1 Å². The summed E-state index contributed by atoms with van der Waals surface area (Å²) in [6.45, 7) is 1.61. The third-order valence-corrected chi connectivity index (χ3v) is 2.96. The summed E-state index contributed by atoms with van der Waals surface area (Å²) < 4.78 is 27.2. The van der Waals surface area contributed by atoms with Crippen LogP contribution in [0.1, 0.15) is 12.8 Å². The van der Waals surface area contributed by atoms with E-state index in [2.05, 4.69) is 10.3 Å². The number of hydrogen-bond donors (Lipinski definition) is 0. The van der Waals surface area contributed by atoms with Crippen LogP contribution in [0.3, 0.4) is 0 Å². The van der Waals surface area contributed by atoms with Crippen LogP contribution in [0.25, 0.3) is 0 Å². The lowest BCUT2D eigenvalue weighted by Crippen LogP contribution is -2.09. The fourth-order valence-corrected chi connectivity index (χ4v) is 2.07. The topological polar surface area (TPSA) is 28.0 Å². The lowest BCUT2D eigenvalue weighted by atomic mass is 10.3.